The van der Waals surface area contributed by atoms with Crippen LogP contribution in [0.15, 0.2) is 0 Å². The number of ketones is 1. The molecule has 0 spiro atoms. The molecule has 0 heterocycles. The minimum Gasteiger partial charge on any atom is -0.392 e. The van der Waals surface area contributed by atoms with Crippen LogP contribution < -0.4 is 0 Å². The Morgan fingerprint density at radius 2 is 1.80 bits per heavy atom. The Labute approximate surface area is 120 Å². The number of rotatable bonds is 9. The predicted octanol–water partition coefficient (Wildman–Crippen LogP) is 4.35. The van der Waals surface area contributed by atoms with Crippen LogP contribution in [0.1, 0.15) is 72.1 Å². The van der Waals surface area contributed by atoms with Crippen LogP contribution in [0.3, 0.4) is 0 Å². The van der Waals surface area contributed by atoms with E-state index in [1.807, 2.05) is 0 Å². The van der Waals surface area contributed by atoms with Crippen molar-refractivity contribution in [2.75, 3.05) is 0 Å². The number of Topliss-reactive ketones (excluding diaryl/α,β-unsaturated/α-hetero) is 1. The van der Waals surface area contributed by atoms with E-state index in [9.17, 15) is 18.7 Å². The average Bonchev–Trinajstić information content (AvgIpc) is 2.34. The predicted molar refractivity (Wildman–Crippen MR) is 75.8 cm³/mol. The second-order valence-corrected chi connectivity index (χ2v) is 6.78. The van der Waals surface area contributed by atoms with Crippen molar-refractivity contribution in [1.29, 1.82) is 0 Å². The van der Waals surface area contributed by atoms with Gasteiger partial charge in [-0.3, -0.25) is 4.79 Å². The number of aliphatic hydroxyl groups is 1. The minimum atomic E-state index is -2.65. The molecule has 0 aromatic rings. The van der Waals surface area contributed by atoms with Gasteiger partial charge in [-0.1, -0.05) is 46.5 Å². The lowest BCUT2D eigenvalue weighted by Gasteiger charge is -2.43. The van der Waals surface area contributed by atoms with Crippen LogP contribution in [-0.2, 0) is 4.79 Å². The molecule has 0 saturated heterocycles. The monoisotopic (exact) mass is 290 g/mol. The van der Waals surface area contributed by atoms with Crippen molar-refractivity contribution in [3.05, 3.63) is 0 Å². The number of unbranched alkanes of at least 4 members (excludes halogenated alkanes) is 4. The van der Waals surface area contributed by atoms with Gasteiger partial charge in [-0.15, -0.1) is 0 Å². The van der Waals surface area contributed by atoms with Gasteiger partial charge < -0.3 is 5.11 Å². The zero-order valence-electron chi connectivity index (χ0n) is 12.9. The Morgan fingerprint density at radius 3 is 2.30 bits per heavy atom. The molecular formula is C16H28F2O2. The standard InChI is InChI=1S/C16H28F2O2/c1-4-5-6-7-8-9-13(19)15(2,3)14(20)12-10-16(17,18)11-12/h12,14,20H,4-11H2,1-3H3. The molecule has 1 saturated carbocycles. The topological polar surface area (TPSA) is 37.3 Å². The maximum Gasteiger partial charge on any atom is 0.248 e. The Morgan fingerprint density at radius 1 is 1.25 bits per heavy atom. The van der Waals surface area contributed by atoms with Gasteiger partial charge in [0, 0.05) is 24.7 Å². The fourth-order valence-corrected chi connectivity index (χ4v) is 2.90. The van der Waals surface area contributed by atoms with Gasteiger partial charge in [0.2, 0.25) is 5.92 Å². The van der Waals surface area contributed by atoms with Crippen molar-refractivity contribution >= 4 is 5.78 Å². The summed E-state index contributed by atoms with van der Waals surface area (Å²) >= 11 is 0. The van der Waals surface area contributed by atoms with Crippen LogP contribution in [0.2, 0.25) is 0 Å². The molecule has 1 N–H and O–H groups in total. The fourth-order valence-electron chi connectivity index (χ4n) is 2.90. The second-order valence-electron chi connectivity index (χ2n) is 6.78. The summed E-state index contributed by atoms with van der Waals surface area (Å²) < 4.78 is 25.7. The average molecular weight is 290 g/mol. The summed E-state index contributed by atoms with van der Waals surface area (Å²) in [4.78, 5) is 12.2. The van der Waals surface area contributed by atoms with Crippen LogP contribution in [0.4, 0.5) is 8.78 Å². The molecule has 0 aromatic heterocycles. The smallest absolute Gasteiger partial charge is 0.248 e. The first-order chi connectivity index (χ1) is 9.20. The molecule has 0 aliphatic heterocycles. The number of halogens is 2. The third-order valence-electron chi connectivity index (χ3n) is 4.53. The molecule has 2 nitrogen and oxygen atoms in total. The molecule has 1 unspecified atom stereocenters. The number of hydrogen-bond acceptors (Lipinski definition) is 2. The molecule has 1 fully saturated rings. The first kappa shape index (κ1) is 17.5. The molecular weight excluding hydrogens is 262 g/mol. The van der Waals surface area contributed by atoms with Crippen LogP contribution >= 0.6 is 0 Å². The van der Waals surface area contributed by atoms with E-state index < -0.39 is 23.4 Å². The number of alkyl halides is 2. The first-order valence-electron chi connectivity index (χ1n) is 7.80. The molecule has 0 aromatic carbocycles. The molecule has 0 amide bonds. The van der Waals surface area contributed by atoms with Gasteiger partial charge in [0.05, 0.1) is 6.10 Å². The van der Waals surface area contributed by atoms with Crippen LogP contribution in [0.25, 0.3) is 0 Å². The third-order valence-corrected chi connectivity index (χ3v) is 4.53. The Hall–Kier alpha value is -0.510. The Bertz CT molecular complexity index is 318. The highest BCUT2D eigenvalue weighted by Crippen LogP contribution is 2.47. The highest BCUT2D eigenvalue weighted by Gasteiger charge is 2.52. The van der Waals surface area contributed by atoms with Gasteiger partial charge in [-0.2, -0.15) is 0 Å². The molecule has 1 rings (SSSR count). The maximum absolute atomic E-state index is 12.9. The van der Waals surface area contributed by atoms with Crippen LogP contribution in [0, 0.1) is 11.3 Å². The summed E-state index contributed by atoms with van der Waals surface area (Å²) in [5.41, 5.74) is -0.911. The second kappa shape index (κ2) is 6.97. The summed E-state index contributed by atoms with van der Waals surface area (Å²) in [5, 5.41) is 10.2. The summed E-state index contributed by atoms with van der Waals surface area (Å²) in [6.07, 6.45) is 4.22. The molecule has 118 valence electrons. The van der Waals surface area contributed by atoms with Gasteiger partial charge in [0.1, 0.15) is 5.78 Å². The van der Waals surface area contributed by atoms with E-state index in [0.717, 1.165) is 25.7 Å². The quantitative estimate of drug-likeness (QED) is 0.641. The van der Waals surface area contributed by atoms with E-state index in [4.69, 9.17) is 0 Å². The van der Waals surface area contributed by atoms with E-state index in [-0.39, 0.29) is 18.6 Å². The van der Waals surface area contributed by atoms with Crippen molar-refractivity contribution in [2.24, 2.45) is 11.3 Å². The summed E-state index contributed by atoms with van der Waals surface area (Å²) in [6.45, 7) is 5.50. The van der Waals surface area contributed by atoms with Gasteiger partial charge in [0.25, 0.3) is 0 Å². The minimum absolute atomic E-state index is 0.00304. The zero-order chi connectivity index (χ0) is 15.4. The molecule has 1 aliphatic carbocycles. The van der Waals surface area contributed by atoms with Crippen molar-refractivity contribution < 1.29 is 18.7 Å². The van der Waals surface area contributed by atoms with Crippen molar-refractivity contribution in [1.82, 2.24) is 0 Å². The Kier molecular flexibility index (Phi) is 6.11. The van der Waals surface area contributed by atoms with Gasteiger partial charge >= 0.3 is 0 Å². The van der Waals surface area contributed by atoms with Crippen molar-refractivity contribution in [2.45, 2.75) is 84.2 Å². The Balaban J connectivity index is 2.36. The summed E-state index contributed by atoms with van der Waals surface area (Å²) in [7, 11) is 0. The molecule has 4 heteroatoms. The van der Waals surface area contributed by atoms with E-state index >= 15 is 0 Å². The molecule has 0 bridgehead atoms. The van der Waals surface area contributed by atoms with Gasteiger partial charge in [-0.05, 0) is 12.3 Å². The lowest BCUT2D eigenvalue weighted by Crippen LogP contribution is -2.50. The zero-order valence-corrected chi connectivity index (χ0v) is 12.9. The molecule has 20 heavy (non-hydrogen) atoms. The highest BCUT2D eigenvalue weighted by molar-refractivity contribution is 5.84. The fraction of sp³-hybridized carbons (Fsp3) is 0.938. The molecule has 0 radical (unpaired) electrons. The van der Waals surface area contributed by atoms with Gasteiger partial charge in [-0.25, -0.2) is 8.78 Å². The summed E-state index contributed by atoms with van der Waals surface area (Å²) in [6, 6.07) is 0. The molecule has 1 atom stereocenters. The van der Waals surface area contributed by atoms with Crippen LogP contribution in [0.5, 0.6) is 0 Å². The van der Waals surface area contributed by atoms with E-state index in [1.54, 1.807) is 13.8 Å². The maximum atomic E-state index is 12.9. The number of aliphatic hydroxyl groups excluding tert-OH is 1. The van der Waals surface area contributed by atoms with Gasteiger partial charge in [0.15, 0.2) is 0 Å². The SMILES string of the molecule is CCCCCCCC(=O)C(C)(C)C(O)C1CC(F)(F)C1. The normalized spacial score (nSPS) is 20.5. The first-order valence-corrected chi connectivity index (χ1v) is 7.80. The van der Waals surface area contributed by atoms with E-state index in [0.29, 0.717) is 6.42 Å². The van der Waals surface area contributed by atoms with E-state index in [1.165, 1.54) is 6.42 Å². The largest absolute Gasteiger partial charge is 0.392 e. The van der Waals surface area contributed by atoms with Crippen molar-refractivity contribution in [3.63, 3.8) is 0 Å². The van der Waals surface area contributed by atoms with Crippen LogP contribution in [-0.4, -0.2) is 22.9 Å². The molecule has 1 aliphatic rings. The lowest BCUT2D eigenvalue weighted by molar-refractivity contribution is -0.168. The number of hydrogen-bond donors (Lipinski definition) is 1. The third kappa shape index (κ3) is 4.51. The van der Waals surface area contributed by atoms with E-state index in [2.05, 4.69) is 6.92 Å². The lowest BCUT2D eigenvalue weighted by atomic mass is 9.67. The highest BCUT2D eigenvalue weighted by atomic mass is 19.3. The van der Waals surface area contributed by atoms with Crippen molar-refractivity contribution in [3.8, 4) is 0 Å². The number of carbonyl (C=O) groups excluding carboxylic acids is 1. The number of carbonyl (C=O) groups is 1. The summed E-state index contributed by atoms with van der Waals surface area (Å²) in [5.74, 6) is -3.09.